The van der Waals surface area contributed by atoms with Crippen molar-refractivity contribution in [1.82, 2.24) is 10.2 Å². The van der Waals surface area contributed by atoms with E-state index in [4.69, 9.17) is 11.6 Å². The maximum atomic E-state index is 5.93. The zero-order chi connectivity index (χ0) is 11.6. The quantitative estimate of drug-likeness (QED) is 0.917. The van der Waals surface area contributed by atoms with Gasteiger partial charge in [-0.25, -0.2) is 0 Å². The summed E-state index contributed by atoms with van der Waals surface area (Å²) in [6, 6.07) is 4.10. The molecule has 0 spiro atoms. The molecule has 1 atom stereocenters. The largest absolute Gasteiger partial charge is 0.316 e. The molecular formula is C12H20Cl2N2S. The van der Waals surface area contributed by atoms with E-state index in [1.807, 2.05) is 6.07 Å². The summed E-state index contributed by atoms with van der Waals surface area (Å²) in [4.78, 5) is 3.75. The van der Waals surface area contributed by atoms with Crippen LogP contribution in [0.1, 0.15) is 18.2 Å². The highest BCUT2D eigenvalue weighted by Crippen LogP contribution is 2.27. The van der Waals surface area contributed by atoms with E-state index in [-0.39, 0.29) is 12.4 Å². The molecule has 2 heterocycles. The minimum atomic E-state index is 0. The van der Waals surface area contributed by atoms with Crippen molar-refractivity contribution in [3.63, 3.8) is 0 Å². The molecule has 1 aliphatic rings. The number of halogens is 2. The summed E-state index contributed by atoms with van der Waals surface area (Å²) >= 11 is 7.61. The van der Waals surface area contributed by atoms with Crippen LogP contribution in [-0.4, -0.2) is 31.6 Å². The zero-order valence-electron chi connectivity index (χ0n) is 10.3. The Morgan fingerprint density at radius 2 is 2.29 bits per heavy atom. The molecule has 17 heavy (non-hydrogen) atoms. The molecule has 0 saturated carbocycles. The van der Waals surface area contributed by atoms with E-state index in [1.54, 1.807) is 11.3 Å². The van der Waals surface area contributed by atoms with Crippen molar-refractivity contribution in [3.8, 4) is 0 Å². The highest BCUT2D eigenvalue weighted by molar-refractivity contribution is 7.16. The van der Waals surface area contributed by atoms with Crippen LogP contribution in [0.15, 0.2) is 12.1 Å². The maximum Gasteiger partial charge on any atom is 0.0931 e. The van der Waals surface area contributed by atoms with Gasteiger partial charge in [0.25, 0.3) is 0 Å². The number of nitrogens with one attached hydrogen (secondary N) is 1. The molecule has 2 nitrogen and oxygen atoms in total. The summed E-state index contributed by atoms with van der Waals surface area (Å²) in [5, 5.41) is 3.44. The van der Waals surface area contributed by atoms with E-state index in [0.717, 1.165) is 30.5 Å². The van der Waals surface area contributed by atoms with Crippen molar-refractivity contribution in [2.24, 2.45) is 5.41 Å². The van der Waals surface area contributed by atoms with E-state index in [2.05, 4.69) is 30.3 Å². The van der Waals surface area contributed by atoms with Crippen molar-refractivity contribution in [2.75, 3.05) is 26.7 Å². The van der Waals surface area contributed by atoms with Crippen LogP contribution in [-0.2, 0) is 6.54 Å². The minimum absolute atomic E-state index is 0. The highest BCUT2D eigenvalue weighted by Gasteiger charge is 2.29. The number of rotatable bonds is 4. The van der Waals surface area contributed by atoms with E-state index >= 15 is 0 Å². The second kappa shape index (κ2) is 6.39. The minimum Gasteiger partial charge on any atom is -0.316 e. The number of thiophene rings is 1. The normalized spacial score (nSPS) is 24.0. The first-order chi connectivity index (χ1) is 7.57. The molecule has 2 rings (SSSR count). The molecule has 98 valence electrons. The third-order valence-corrected chi connectivity index (χ3v) is 4.38. The van der Waals surface area contributed by atoms with Crippen molar-refractivity contribution in [2.45, 2.75) is 19.9 Å². The Labute approximate surface area is 119 Å². The maximum absolute atomic E-state index is 5.93. The highest BCUT2D eigenvalue weighted by atomic mass is 35.5. The summed E-state index contributed by atoms with van der Waals surface area (Å²) in [5.41, 5.74) is 0.440. The van der Waals surface area contributed by atoms with Gasteiger partial charge in [-0.05, 0) is 37.6 Å². The van der Waals surface area contributed by atoms with Gasteiger partial charge in [0, 0.05) is 24.5 Å². The van der Waals surface area contributed by atoms with Gasteiger partial charge in [-0.2, -0.15) is 0 Å². The molecule has 5 heteroatoms. The Kier molecular flexibility index (Phi) is 5.74. The molecule has 1 aliphatic heterocycles. The van der Waals surface area contributed by atoms with Crippen LogP contribution in [0.5, 0.6) is 0 Å². The van der Waals surface area contributed by atoms with Crippen LogP contribution in [0, 0.1) is 5.41 Å². The predicted molar refractivity (Wildman–Crippen MR) is 78.5 cm³/mol. The summed E-state index contributed by atoms with van der Waals surface area (Å²) in [6.45, 7) is 6.82. The summed E-state index contributed by atoms with van der Waals surface area (Å²) in [5.74, 6) is 0. The Balaban J connectivity index is 0.00000144. The molecule has 1 fully saturated rings. The van der Waals surface area contributed by atoms with E-state index in [9.17, 15) is 0 Å². The molecule has 1 saturated heterocycles. The lowest BCUT2D eigenvalue weighted by molar-refractivity contribution is 0.204. The van der Waals surface area contributed by atoms with Crippen molar-refractivity contribution in [1.29, 1.82) is 0 Å². The molecule has 0 bridgehead atoms. The average Bonchev–Trinajstić information content (AvgIpc) is 2.75. The Morgan fingerprint density at radius 1 is 1.53 bits per heavy atom. The van der Waals surface area contributed by atoms with Crippen LogP contribution < -0.4 is 5.32 Å². The van der Waals surface area contributed by atoms with Gasteiger partial charge in [-0.15, -0.1) is 23.7 Å². The topological polar surface area (TPSA) is 15.3 Å². The molecule has 1 N–H and O–H groups in total. The fourth-order valence-electron chi connectivity index (χ4n) is 2.41. The van der Waals surface area contributed by atoms with Crippen LogP contribution in [0.3, 0.4) is 0 Å². The lowest BCUT2D eigenvalue weighted by Gasteiger charge is -2.28. The monoisotopic (exact) mass is 294 g/mol. The molecule has 0 radical (unpaired) electrons. The van der Waals surface area contributed by atoms with Gasteiger partial charge in [-0.3, -0.25) is 0 Å². The van der Waals surface area contributed by atoms with E-state index in [1.165, 1.54) is 11.3 Å². The number of hydrogen-bond donors (Lipinski definition) is 1. The average molecular weight is 295 g/mol. The van der Waals surface area contributed by atoms with Gasteiger partial charge >= 0.3 is 0 Å². The number of hydrogen-bond acceptors (Lipinski definition) is 3. The zero-order valence-corrected chi connectivity index (χ0v) is 12.7. The molecule has 1 aromatic heterocycles. The Hall–Kier alpha value is 0.200. The molecule has 0 amide bonds. The van der Waals surface area contributed by atoms with Crippen molar-refractivity contribution < 1.29 is 0 Å². The first-order valence-corrected chi connectivity index (χ1v) is 6.90. The second-order valence-corrected chi connectivity index (χ2v) is 6.92. The summed E-state index contributed by atoms with van der Waals surface area (Å²) in [6.07, 6.45) is 1.28. The fraction of sp³-hybridized carbons (Fsp3) is 0.667. The standard InChI is InChI=1S/C12H19ClN2S.ClH/c1-12(5-6-14-8-12)9-15(2)7-10-3-4-11(13)16-10;/h3-4,14H,5-9H2,1-2H3;1H. The fourth-order valence-corrected chi connectivity index (χ4v) is 3.58. The van der Waals surface area contributed by atoms with Crippen molar-refractivity contribution >= 4 is 35.3 Å². The van der Waals surface area contributed by atoms with Crippen LogP contribution >= 0.6 is 35.3 Å². The lowest BCUT2D eigenvalue weighted by atomic mass is 9.89. The van der Waals surface area contributed by atoms with Gasteiger partial charge < -0.3 is 10.2 Å². The van der Waals surface area contributed by atoms with Gasteiger partial charge in [0.05, 0.1) is 4.34 Å². The third-order valence-electron chi connectivity index (χ3n) is 3.16. The SMILES string of the molecule is CN(Cc1ccc(Cl)s1)CC1(C)CCNC1.Cl. The van der Waals surface area contributed by atoms with Crippen molar-refractivity contribution in [3.05, 3.63) is 21.3 Å². The first-order valence-electron chi connectivity index (χ1n) is 5.71. The molecule has 1 unspecified atom stereocenters. The van der Waals surface area contributed by atoms with Gasteiger partial charge in [-0.1, -0.05) is 18.5 Å². The van der Waals surface area contributed by atoms with E-state index < -0.39 is 0 Å². The third kappa shape index (κ3) is 4.42. The summed E-state index contributed by atoms with van der Waals surface area (Å²) < 4.78 is 0.886. The summed E-state index contributed by atoms with van der Waals surface area (Å²) in [7, 11) is 2.19. The van der Waals surface area contributed by atoms with Crippen LogP contribution in [0.2, 0.25) is 4.34 Å². The van der Waals surface area contributed by atoms with Gasteiger partial charge in [0.15, 0.2) is 0 Å². The molecule has 0 aromatic carbocycles. The Bertz CT molecular complexity index is 348. The van der Waals surface area contributed by atoms with Gasteiger partial charge in [0.2, 0.25) is 0 Å². The first kappa shape index (κ1) is 15.3. The lowest BCUT2D eigenvalue weighted by Crippen LogP contribution is -2.34. The Morgan fingerprint density at radius 3 is 2.82 bits per heavy atom. The van der Waals surface area contributed by atoms with Gasteiger partial charge in [0.1, 0.15) is 0 Å². The molecule has 0 aliphatic carbocycles. The van der Waals surface area contributed by atoms with Crippen LogP contribution in [0.25, 0.3) is 0 Å². The molecule has 1 aromatic rings. The number of nitrogens with zero attached hydrogens (tertiary/aromatic N) is 1. The smallest absolute Gasteiger partial charge is 0.0931 e. The second-order valence-electron chi connectivity index (χ2n) is 5.12. The van der Waals surface area contributed by atoms with E-state index in [0.29, 0.717) is 5.41 Å². The molecular weight excluding hydrogens is 275 g/mol. The van der Waals surface area contributed by atoms with Crippen LogP contribution in [0.4, 0.5) is 0 Å². The predicted octanol–water partition coefficient (Wildman–Crippen LogP) is 3.25.